The van der Waals surface area contributed by atoms with Gasteiger partial charge in [-0.25, -0.2) is 12.8 Å². The Morgan fingerprint density at radius 1 is 1.25 bits per heavy atom. The van der Waals surface area contributed by atoms with Crippen LogP contribution in [0.25, 0.3) is 0 Å². The average molecular weight is 292 g/mol. The molecular weight excluding hydrogens is 279 g/mol. The monoisotopic (exact) mass is 292 g/mol. The Hall–Kier alpha value is -1.87. The zero-order chi connectivity index (χ0) is 14.3. The van der Waals surface area contributed by atoms with E-state index in [2.05, 4.69) is 0 Å². The number of benzene rings is 1. The minimum Gasteiger partial charge on any atom is -0.342 e. The van der Waals surface area contributed by atoms with Gasteiger partial charge in [-0.2, -0.15) is 5.26 Å². The van der Waals surface area contributed by atoms with Crippen LogP contribution in [-0.4, -0.2) is 15.0 Å². The Balaban J connectivity index is 2.33. The van der Waals surface area contributed by atoms with E-state index in [1.54, 1.807) is 0 Å². The van der Waals surface area contributed by atoms with Gasteiger partial charge in [0.15, 0.2) is 4.91 Å². The predicted molar refractivity (Wildman–Crippen MR) is 72.0 cm³/mol. The van der Waals surface area contributed by atoms with Crippen LogP contribution in [-0.2, 0) is 9.84 Å². The van der Waals surface area contributed by atoms with Gasteiger partial charge >= 0.3 is 0 Å². The molecule has 1 fully saturated rings. The van der Waals surface area contributed by atoms with E-state index in [0.29, 0.717) is 24.4 Å². The van der Waals surface area contributed by atoms with Crippen LogP contribution in [0.15, 0.2) is 33.7 Å². The second-order valence-electron chi connectivity index (χ2n) is 4.97. The number of hydrogen-bond acceptors (Lipinski definition) is 4. The molecule has 2 heterocycles. The molecule has 0 N–H and O–H groups in total. The summed E-state index contributed by atoms with van der Waals surface area (Å²) >= 11 is 0. The highest BCUT2D eigenvalue weighted by Crippen LogP contribution is 2.41. The van der Waals surface area contributed by atoms with Crippen molar-refractivity contribution in [2.45, 2.75) is 30.6 Å². The molecule has 0 unspecified atom stereocenters. The Morgan fingerprint density at radius 2 is 2.05 bits per heavy atom. The maximum absolute atomic E-state index is 13.4. The van der Waals surface area contributed by atoms with Gasteiger partial charge in [0.1, 0.15) is 11.9 Å². The van der Waals surface area contributed by atoms with Gasteiger partial charge < -0.3 is 4.90 Å². The lowest BCUT2D eigenvalue weighted by atomic mass is 10.2. The third kappa shape index (κ3) is 1.81. The maximum Gasteiger partial charge on any atom is 0.220 e. The van der Waals surface area contributed by atoms with Crippen molar-refractivity contribution in [2.24, 2.45) is 0 Å². The van der Waals surface area contributed by atoms with Crippen LogP contribution in [0.2, 0.25) is 0 Å². The van der Waals surface area contributed by atoms with Gasteiger partial charge in [-0.05, 0) is 37.5 Å². The predicted octanol–water partition coefficient (Wildman–Crippen LogP) is 2.73. The summed E-state index contributed by atoms with van der Waals surface area (Å²) in [6.07, 6.45) is 3.36. The smallest absolute Gasteiger partial charge is 0.220 e. The maximum atomic E-state index is 13.4. The second-order valence-corrected chi connectivity index (χ2v) is 6.82. The largest absolute Gasteiger partial charge is 0.342 e. The fraction of sp³-hybridized carbons (Fsp3) is 0.357. The highest BCUT2D eigenvalue weighted by atomic mass is 32.2. The SMILES string of the molecule is N#CC1=C2CCCCCN2c2ccc(F)cc2S1(=O)=O. The van der Waals surface area contributed by atoms with E-state index in [9.17, 15) is 18.1 Å². The number of nitriles is 1. The molecule has 0 spiro atoms. The number of nitrogens with zero attached hydrogens (tertiary/aromatic N) is 2. The van der Waals surface area contributed by atoms with E-state index in [-0.39, 0.29) is 9.80 Å². The van der Waals surface area contributed by atoms with Crippen molar-refractivity contribution in [1.82, 2.24) is 0 Å². The second kappa shape index (κ2) is 4.60. The Morgan fingerprint density at radius 3 is 2.80 bits per heavy atom. The van der Waals surface area contributed by atoms with E-state index in [1.807, 2.05) is 11.0 Å². The minimum absolute atomic E-state index is 0.0975. The molecule has 6 heteroatoms. The molecule has 0 saturated carbocycles. The van der Waals surface area contributed by atoms with Crippen molar-refractivity contribution in [2.75, 3.05) is 11.4 Å². The first-order valence-corrected chi connectivity index (χ1v) is 7.99. The lowest BCUT2D eigenvalue weighted by molar-refractivity contribution is 0.593. The average Bonchev–Trinajstić information content (AvgIpc) is 2.65. The molecule has 0 aromatic heterocycles. The number of sulfone groups is 1. The van der Waals surface area contributed by atoms with Gasteiger partial charge in [-0.15, -0.1) is 0 Å². The minimum atomic E-state index is -3.91. The van der Waals surface area contributed by atoms with Crippen LogP contribution < -0.4 is 4.90 Å². The van der Waals surface area contributed by atoms with E-state index < -0.39 is 15.7 Å². The molecule has 4 nitrogen and oxygen atoms in total. The number of allylic oxidation sites excluding steroid dienone is 2. The van der Waals surface area contributed by atoms with Crippen molar-refractivity contribution in [3.8, 4) is 6.07 Å². The number of halogens is 1. The van der Waals surface area contributed by atoms with Gasteiger partial charge in [-0.3, -0.25) is 0 Å². The van der Waals surface area contributed by atoms with Crippen molar-refractivity contribution in [3.63, 3.8) is 0 Å². The molecule has 3 rings (SSSR count). The summed E-state index contributed by atoms with van der Waals surface area (Å²) in [6.45, 7) is 0.661. The number of rotatable bonds is 0. The van der Waals surface area contributed by atoms with Crippen LogP contribution in [0.4, 0.5) is 10.1 Å². The van der Waals surface area contributed by atoms with E-state index >= 15 is 0 Å². The molecule has 104 valence electrons. The summed E-state index contributed by atoms with van der Waals surface area (Å²) in [5.74, 6) is -0.608. The highest BCUT2D eigenvalue weighted by molar-refractivity contribution is 7.95. The molecule has 2 aliphatic heterocycles. The molecule has 0 radical (unpaired) electrons. The molecule has 0 aliphatic carbocycles. The van der Waals surface area contributed by atoms with Crippen molar-refractivity contribution < 1.29 is 12.8 Å². The summed E-state index contributed by atoms with van der Waals surface area (Å²) < 4.78 is 38.4. The molecule has 1 aromatic rings. The van der Waals surface area contributed by atoms with E-state index in [1.165, 1.54) is 12.1 Å². The van der Waals surface area contributed by atoms with E-state index in [4.69, 9.17) is 0 Å². The van der Waals surface area contributed by atoms with Crippen molar-refractivity contribution >= 4 is 15.5 Å². The molecule has 1 saturated heterocycles. The van der Waals surface area contributed by atoms with Crippen molar-refractivity contribution in [1.29, 1.82) is 5.26 Å². The molecule has 0 amide bonds. The Kier molecular flexibility index (Phi) is 3.02. The van der Waals surface area contributed by atoms with Gasteiger partial charge in [0.2, 0.25) is 9.84 Å². The summed E-state index contributed by atoms with van der Waals surface area (Å²) in [5, 5.41) is 9.24. The number of hydrogen-bond donors (Lipinski definition) is 0. The lowest BCUT2D eigenvalue weighted by Gasteiger charge is -2.32. The highest BCUT2D eigenvalue weighted by Gasteiger charge is 2.37. The van der Waals surface area contributed by atoms with Gasteiger partial charge in [0.25, 0.3) is 0 Å². The zero-order valence-corrected chi connectivity index (χ0v) is 11.6. The third-order valence-corrected chi connectivity index (χ3v) is 5.53. The molecule has 2 aliphatic rings. The zero-order valence-electron chi connectivity index (χ0n) is 10.8. The number of anilines is 1. The fourth-order valence-corrected chi connectivity index (χ4v) is 4.41. The van der Waals surface area contributed by atoms with Gasteiger partial charge in [-0.1, -0.05) is 6.42 Å². The van der Waals surface area contributed by atoms with Crippen molar-refractivity contribution in [3.05, 3.63) is 34.6 Å². The molecular formula is C14H13FN2O2S. The summed E-state index contributed by atoms with van der Waals surface area (Å²) in [7, 11) is -3.91. The van der Waals surface area contributed by atoms with Crippen LogP contribution in [0, 0.1) is 17.1 Å². The van der Waals surface area contributed by atoms with Gasteiger partial charge in [0.05, 0.1) is 10.6 Å². The first-order chi connectivity index (χ1) is 9.55. The molecule has 1 aromatic carbocycles. The standard InChI is InChI=1S/C14H13FN2O2S/c15-10-5-6-12-13(8-10)20(18,19)14(9-16)11-4-2-1-3-7-17(11)12/h5-6,8H,1-4,7H2. The quantitative estimate of drug-likeness (QED) is 0.737. The molecule has 0 atom stereocenters. The molecule has 0 bridgehead atoms. The van der Waals surface area contributed by atoms with Crippen LogP contribution in [0.1, 0.15) is 25.7 Å². The van der Waals surface area contributed by atoms with Gasteiger partial charge in [0, 0.05) is 12.2 Å². The summed E-state index contributed by atoms with van der Waals surface area (Å²) in [6, 6.07) is 5.56. The topological polar surface area (TPSA) is 61.2 Å². The van der Waals surface area contributed by atoms with E-state index in [0.717, 1.165) is 25.3 Å². The lowest BCUT2D eigenvalue weighted by Crippen LogP contribution is -2.31. The summed E-state index contributed by atoms with van der Waals surface area (Å²) in [5.41, 5.74) is 1.05. The Bertz CT molecular complexity index is 747. The molecule has 20 heavy (non-hydrogen) atoms. The van der Waals surface area contributed by atoms with Crippen LogP contribution in [0.3, 0.4) is 0 Å². The van der Waals surface area contributed by atoms with Crippen LogP contribution >= 0.6 is 0 Å². The fourth-order valence-electron chi connectivity index (χ4n) is 2.83. The van der Waals surface area contributed by atoms with Crippen LogP contribution in [0.5, 0.6) is 0 Å². The number of fused-ring (bicyclic) bond motifs is 3. The first-order valence-electron chi connectivity index (χ1n) is 6.51. The third-order valence-electron chi connectivity index (χ3n) is 3.76. The normalized spacial score (nSPS) is 20.7. The Labute approximate surface area is 117 Å². The summed E-state index contributed by atoms with van der Waals surface area (Å²) in [4.78, 5) is 1.54. The first kappa shape index (κ1) is 13.1.